The summed E-state index contributed by atoms with van der Waals surface area (Å²) in [5.74, 6) is 6.39. The number of nitrogens with two attached hydrogens (primary N) is 5. The normalized spacial score (nSPS) is 13.1. The zero-order valence-electron chi connectivity index (χ0n) is 18.7. The Morgan fingerprint density at radius 1 is 0.882 bits per heavy atom. The summed E-state index contributed by atoms with van der Waals surface area (Å²) in [5, 5.41) is 5.50. The molecule has 0 bridgehead atoms. The number of hydrazine groups is 1. The maximum Gasteiger partial charge on any atom is 0.218 e. The van der Waals surface area contributed by atoms with Gasteiger partial charge in [-0.3, -0.25) is 10.0 Å². The zero-order chi connectivity index (χ0) is 24.9. The van der Waals surface area contributed by atoms with E-state index in [-0.39, 0.29) is 17.7 Å². The maximum absolute atomic E-state index is 6.02. The van der Waals surface area contributed by atoms with E-state index in [0.29, 0.717) is 34.4 Å². The molecule has 0 aliphatic heterocycles. The van der Waals surface area contributed by atoms with Crippen LogP contribution in [-0.2, 0) is 0 Å². The number of benzene rings is 2. The average molecular weight is 505 g/mol. The van der Waals surface area contributed by atoms with Gasteiger partial charge in [-0.05, 0) is 67.8 Å². The summed E-state index contributed by atoms with van der Waals surface area (Å²) in [7, 11) is 0. The lowest BCUT2D eigenvalue weighted by atomic mass is 10.1. The average Bonchev–Trinajstić information content (AvgIpc) is 2.81. The molecule has 0 amide bonds. The monoisotopic (exact) mass is 504 g/mol. The molecule has 0 radical (unpaired) electrons. The van der Waals surface area contributed by atoms with Gasteiger partial charge in [0.25, 0.3) is 0 Å². The Hall–Kier alpha value is -3.47. The van der Waals surface area contributed by atoms with Crippen molar-refractivity contribution in [1.29, 1.82) is 0 Å². The van der Waals surface area contributed by atoms with Crippen molar-refractivity contribution in [3.8, 4) is 0 Å². The number of allylic oxidation sites excluding steroid dienone is 1. The van der Waals surface area contributed by atoms with Crippen LogP contribution in [0.5, 0.6) is 0 Å². The molecule has 11 N–H and O–H groups in total. The van der Waals surface area contributed by atoms with Crippen LogP contribution in [0.3, 0.4) is 0 Å². The fourth-order valence-electron chi connectivity index (χ4n) is 2.68. The van der Waals surface area contributed by atoms with Gasteiger partial charge >= 0.3 is 0 Å². The van der Waals surface area contributed by atoms with Gasteiger partial charge in [-0.15, -0.1) is 0 Å². The number of guanidine groups is 2. The number of nitrogens with zero attached hydrogens (tertiary/aromatic N) is 4. The van der Waals surface area contributed by atoms with Crippen LogP contribution in [0.25, 0.3) is 0 Å². The third-order valence-electron chi connectivity index (χ3n) is 4.50. The van der Waals surface area contributed by atoms with E-state index in [1.54, 1.807) is 48.5 Å². The molecule has 0 atom stereocenters. The standard InChI is InChI=1S/C22H30Cl2N10/c23-15-5-9-17(10-6-15)32-22(28)33-21(27)30-13-3-1-2-4-19(25)20(26)31-14-34(29)18-11-7-16(24)8-12-18/h5-12,14H,1-4,13,25-26,29H2,(H5,27,28,30,32,33). The minimum atomic E-state index is 0.101. The summed E-state index contributed by atoms with van der Waals surface area (Å²) in [5.41, 5.74) is 25.5. The second-order valence-corrected chi connectivity index (χ2v) is 8.09. The first-order valence-corrected chi connectivity index (χ1v) is 11.2. The molecule has 0 fully saturated rings. The fourth-order valence-corrected chi connectivity index (χ4v) is 2.93. The lowest BCUT2D eigenvalue weighted by Crippen LogP contribution is -2.29. The molecular weight excluding hydrogens is 475 g/mol. The van der Waals surface area contributed by atoms with Crippen LogP contribution in [0.1, 0.15) is 25.7 Å². The Balaban J connectivity index is 1.70. The van der Waals surface area contributed by atoms with E-state index < -0.39 is 0 Å². The lowest BCUT2D eigenvalue weighted by molar-refractivity contribution is 0.677. The number of rotatable bonds is 10. The molecule has 0 aromatic heterocycles. The van der Waals surface area contributed by atoms with Crippen LogP contribution in [0.4, 0.5) is 11.4 Å². The summed E-state index contributed by atoms with van der Waals surface area (Å²) in [6.45, 7) is 0.518. The van der Waals surface area contributed by atoms with Crippen molar-refractivity contribution in [1.82, 2.24) is 0 Å². The minimum absolute atomic E-state index is 0.101. The second kappa shape index (κ2) is 13.9. The van der Waals surface area contributed by atoms with Gasteiger partial charge in [0.15, 0.2) is 0 Å². The predicted octanol–water partition coefficient (Wildman–Crippen LogP) is 3.09. The number of hydrogen-bond donors (Lipinski definition) is 6. The van der Waals surface area contributed by atoms with Crippen LogP contribution in [0, 0.1) is 0 Å². The summed E-state index contributed by atoms with van der Waals surface area (Å²) < 4.78 is 0. The van der Waals surface area contributed by atoms with Crippen LogP contribution in [-0.4, -0.2) is 24.8 Å². The van der Waals surface area contributed by atoms with Crippen molar-refractivity contribution in [2.45, 2.75) is 25.7 Å². The lowest BCUT2D eigenvalue weighted by Gasteiger charge is -2.12. The molecule has 10 nitrogen and oxygen atoms in total. The number of hydrogen-bond acceptors (Lipinski definition) is 5. The van der Waals surface area contributed by atoms with Crippen molar-refractivity contribution < 1.29 is 0 Å². The van der Waals surface area contributed by atoms with Gasteiger partial charge in [0.2, 0.25) is 11.9 Å². The second-order valence-electron chi connectivity index (χ2n) is 7.22. The van der Waals surface area contributed by atoms with E-state index in [9.17, 15) is 0 Å². The highest BCUT2D eigenvalue weighted by atomic mass is 35.5. The molecule has 0 aliphatic carbocycles. The molecule has 182 valence electrons. The van der Waals surface area contributed by atoms with Gasteiger partial charge < -0.3 is 28.3 Å². The third-order valence-corrected chi connectivity index (χ3v) is 5.01. The number of halogens is 2. The molecule has 2 aromatic rings. The molecule has 2 aromatic carbocycles. The molecule has 0 heterocycles. The molecule has 34 heavy (non-hydrogen) atoms. The molecule has 0 saturated heterocycles. The van der Waals surface area contributed by atoms with Gasteiger partial charge in [-0.1, -0.05) is 29.6 Å². The molecule has 0 spiro atoms. The quantitative estimate of drug-likeness (QED) is 0.0942. The first-order chi connectivity index (χ1) is 16.2. The Morgan fingerprint density at radius 3 is 2.15 bits per heavy atom. The number of nitrogens with one attached hydrogen (secondary N) is 1. The Kier molecular flexibility index (Phi) is 11.0. The first-order valence-electron chi connectivity index (χ1n) is 10.5. The Bertz CT molecular complexity index is 1030. The molecule has 0 saturated carbocycles. The fraction of sp³-hybridized carbons (Fsp3) is 0.227. The number of anilines is 2. The maximum atomic E-state index is 6.02. The van der Waals surface area contributed by atoms with Crippen molar-refractivity contribution >= 4 is 52.8 Å². The van der Waals surface area contributed by atoms with Gasteiger partial charge in [-0.2, -0.15) is 4.99 Å². The Labute approximate surface area is 209 Å². The van der Waals surface area contributed by atoms with Crippen molar-refractivity contribution in [3.63, 3.8) is 0 Å². The van der Waals surface area contributed by atoms with Gasteiger partial charge in [-0.25, -0.2) is 10.8 Å². The molecule has 2 rings (SSSR count). The highest BCUT2D eigenvalue weighted by Gasteiger charge is 2.01. The third kappa shape index (κ3) is 9.99. The van der Waals surface area contributed by atoms with E-state index in [1.807, 2.05) is 0 Å². The van der Waals surface area contributed by atoms with E-state index >= 15 is 0 Å². The van der Waals surface area contributed by atoms with Gasteiger partial charge in [0.1, 0.15) is 12.2 Å². The van der Waals surface area contributed by atoms with Crippen LogP contribution >= 0.6 is 23.2 Å². The van der Waals surface area contributed by atoms with Crippen LogP contribution < -0.4 is 39.1 Å². The largest absolute Gasteiger partial charge is 0.399 e. The summed E-state index contributed by atoms with van der Waals surface area (Å²) >= 11 is 11.7. The van der Waals surface area contributed by atoms with Crippen molar-refractivity contribution in [2.24, 2.45) is 43.8 Å². The molecule has 12 heteroatoms. The van der Waals surface area contributed by atoms with Gasteiger partial charge in [0, 0.05) is 22.3 Å². The van der Waals surface area contributed by atoms with E-state index in [1.165, 1.54) is 11.3 Å². The van der Waals surface area contributed by atoms with Crippen molar-refractivity contribution in [3.05, 3.63) is 70.1 Å². The molecule has 0 unspecified atom stereocenters. The van der Waals surface area contributed by atoms with E-state index in [0.717, 1.165) is 24.9 Å². The smallest absolute Gasteiger partial charge is 0.218 e. The summed E-state index contributed by atoms with van der Waals surface area (Å²) in [6.07, 6.45) is 4.51. The van der Waals surface area contributed by atoms with Crippen LogP contribution in [0.2, 0.25) is 10.0 Å². The zero-order valence-corrected chi connectivity index (χ0v) is 20.2. The topological polar surface area (TPSA) is 182 Å². The van der Waals surface area contributed by atoms with E-state index in [4.69, 9.17) is 52.0 Å². The highest BCUT2D eigenvalue weighted by molar-refractivity contribution is 6.31. The van der Waals surface area contributed by atoms with E-state index in [2.05, 4.69) is 20.3 Å². The Morgan fingerprint density at radius 2 is 1.50 bits per heavy atom. The first kappa shape index (κ1) is 26.8. The van der Waals surface area contributed by atoms with Gasteiger partial charge in [0.05, 0.1) is 11.4 Å². The molecular formula is C22H30Cl2N10. The SMILES string of the molecule is NC(=NCCCCCC(N)=C(N)N=CN(N)c1ccc(Cl)cc1)N=C(N)Nc1ccc(Cl)cc1. The minimum Gasteiger partial charge on any atom is -0.399 e. The summed E-state index contributed by atoms with van der Waals surface area (Å²) in [6, 6.07) is 14.0. The predicted molar refractivity (Wildman–Crippen MR) is 144 cm³/mol. The number of aliphatic imine (C=N–C) groups is 3. The highest BCUT2D eigenvalue weighted by Crippen LogP contribution is 2.15. The number of unbranched alkanes of at least 4 members (excludes halogenated alkanes) is 2. The summed E-state index contributed by atoms with van der Waals surface area (Å²) in [4.78, 5) is 12.3. The van der Waals surface area contributed by atoms with Crippen molar-refractivity contribution in [2.75, 3.05) is 16.9 Å². The molecule has 0 aliphatic rings. The van der Waals surface area contributed by atoms with Crippen LogP contribution in [0.15, 0.2) is 75.0 Å².